The van der Waals surface area contributed by atoms with E-state index >= 15 is 0 Å². The molecule has 1 aromatic carbocycles. The summed E-state index contributed by atoms with van der Waals surface area (Å²) in [6.45, 7) is 13.0. The van der Waals surface area contributed by atoms with Gasteiger partial charge in [-0.1, -0.05) is 24.6 Å². The third-order valence-corrected chi connectivity index (χ3v) is 7.13. The Kier molecular flexibility index (Phi) is 9.95. The highest BCUT2D eigenvalue weighted by Gasteiger charge is 2.33. The molecule has 2 heterocycles. The molecule has 1 N–H and O–H groups in total. The molecule has 0 unspecified atom stereocenters. The molecule has 34 heavy (non-hydrogen) atoms. The van der Waals surface area contributed by atoms with Gasteiger partial charge in [0.1, 0.15) is 12.4 Å². The first-order chi connectivity index (χ1) is 16.3. The van der Waals surface area contributed by atoms with Crippen molar-refractivity contribution in [1.82, 2.24) is 9.80 Å². The Morgan fingerprint density at radius 3 is 2.79 bits per heavy atom. The Morgan fingerprint density at radius 2 is 2.09 bits per heavy atom. The van der Waals surface area contributed by atoms with Crippen molar-refractivity contribution in [2.75, 3.05) is 39.4 Å². The van der Waals surface area contributed by atoms with Crippen LogP contribution in [0.15, 0.2) is 29.6 Å². The molecule has 1 aromatic heterocycles. The normalized spacial score (nSPS) is 16.7. The summed E-state index contributed by atoms with van der Waals surface area (Å²) in [5, 5.41) is 12.5. The van der Waals surface area contributed by atoms with Crippen molar-refractivity contribution in [3.63, 3.8) is 0 Å². The molecule has 0 saturated carbocycles. The number of carbonyl (C=O) groups is 1. The minimum absolute atomic E-state index is 0.0713. The van der Waals surface area contributed by atoms with Gasteiger partial charge < -0.3 is 19.5 Å². The average Bonchev–Trinajstić information content (AvgIpc) is 3.26. The molecule has 0 bridgehead atoms. The zero-order valence-corrected chi connectivity index (χ0v) is 22.1. The van der Waals surface area contributed by atoms with Crippen molar-refractivity contribution in [1.29, 1.82) is 0 Å². The molecule has 0 radical (unpaired) electrons. The quantitative estimate of drug-likeness (QED) is 0.481. The van der Waals surface area contributed by atoms with Gasteiger partial charge in [0.2, 0.25) is 5.91 Å². The second-order valence-corrected chi connectivity index (χ2v) is 10.5. The average molecular weight is 489 g/mol. The molecule has 0 aliphatic carbocycles. The molecular formula is C27H40N2O4S. The van der Waals surface area contributed by atoms with Crippen LogP contribution in [-0.2, 0) is 16.0 Å². The van der Waals surface area contributed by atoms with E-state index in [2.05, 4.69) is 44.4 Å². The maximum Gasteiger partial charge on any atom is 0.237 e. The Labute approximate surface area is 208 Å². The SMILES string of the molecule is CCCN(CC(=O)N1CCc2sccc2[C@@H]1COc1ccc(C)cc1C)C[C@H](O)COC(C)C. The molecule has 0 spiro atoms. The molecule has 1 aliphatic rings. The van der Waals surface area contributed by atoms with E-state index in [1.54, 1.807) is 11.3 Å². The van der Waals surface area contributed by atoms with Gasteiger partial charge in [0, 0.05) is 18.0 Å². The summed E-state index contributed by atoms with van der Waals surface area (Å²) in [5.74, 6) is 0.942. The van der Waals surface area contributed by atoms with Crippen LogP contribution < -0.4 is 4.74 Å². The first-order valence-electron chi connectivity index (χ1n) is 12.4. The zero-order valence-electron chi connectivity index (χ0n) is 21.3. The number of thiophene rings is 1. The standard InChI is InChI=1S/C27H40N2O4S/c1-6-11-28(15-22(30)17-32-19(2)3)16-27(31)29-12-9-26-23(10-13-34-26)24(29)18-33-25-8-7-20(4)14-21(25)5/h7-8,10,13-14,19,22,24,30H,6,9,11-12,15-18H2,1-5H3/t22-,24-/m0/s1. The van der Waals surface area contributed by atoms with Gasteiger partial charge in [-0.15, -0.1) is 11.3 Å². The number of carbonyl (C=O) groups excluding carboxylic acids is 1. The smallest absolute Gasteiger partial charge is 0.237 e. The molecule has 1 amide bonds. The van der Waals surface area contributed by atoms with Crippen molar-refractivity contribution >= 4 is 17.2 Å². The number of rotatable bonds is 12. The number of fused-ring (bicyclic) bond motifs is 1. The van der Waals surface area contributed by atoms with Gasteiger partial charge in [-0.25, -0.2) is 0 Å². The third kappa shape index (κ3) is 7.28. The summed E-state index contributed by atoms with van der Waals surface area (Å²) >= 11 is 1.76. The minimum atomic E-state index is -0.616. The van der Waals surface area contributed by atoms with Gasteiger partial charge in [-0.3, -0.25) is 9.69 Å². The molecule has 2 aromatic rings. The lowest BCUT2D eigenvalue weighted by Gasteiger charge is -2.37. The van der Waals surface area contributed by atoms with Gasteiger partial charge >= 0.3 is 0 Å². The van der Waals surface area contributed by atoms with Crippen LogP contribution in [0, 0.1) is 13.8 Å². The molecule has 188 valence electrons. The van der Waals surface area contributed by atoms with Crippen molar-refractivity contribution in [2.45, 2.75) is 65.7 Å². The summed E-state index contributed by atoms with van der Waals surface area (Å²) < 4.78 is 11.8. The van der Waals surface area contributed by atoms with Gasteiger partial charge in [0.25, 0.3) is 0 Å². The fourth-order valence-electron chi connectivity index (χ4n) is 4.49. The van der Waals surface area contributed by atoms with E-state index in [1.807, 2.05) is 29.7 Å². The van der Waals surface area contributed by atoms with Gasteiger partial charge in [0.05, 0.1) is 31.4 Å². The van der Waals surface area contributed by atoms with Crippen molar-refractivity contribution < 1.29 is 19.4 Å². The predicted molar refractivity (Wildman–Crippen MR) is 138 cm³/mol. The second kappa shape index (κ2) is 12.7. The Balaban J connectivity index is 1.69. The molecule has 2 atom stereocenters. The number of benzene rings is 1. The number of nitrogens with zero attached hydrogens (tertiary/aromatic N) is 2. The number of aliphatic hydroxyl groups excluding tert-OH is 1. The van der Waals surface area contributed by atoms with Crippen LogP contribution in [0.25, 0.3) is 0 Å². The van der Waals surface area contributed by atoms with E-state index in [9.17, 15) is 9.90 Å². The van der Waals surface area contributed by atoms with Crippen LogP contribution in [0.1, 0.15) is 54.8 Å². The largest absolute Gasteiger partial charge is 0.491 e. The van der Waals surface area contributed by atoms with E-state index in [0.717, 1.165) is 30.7 Å². The Bertz CT molecular complexity index is 929. The lowest BCUT2D eigenvalue weighted by molar-refractivity contribution is -0.136. The highest BCUT2D eigenvalue weighted by Crippen LogP contribution is 2.34. The first-order valence-corrected chi connectivity index (χ1v) is 13.2. The number of hydrogen-bond acceptors (Lipinski definition) is 6. The van der Waals surface area contributed by atoms with Gasteiger partial charge in [0.15, 0.2) is 0 Å². The van der Waals surface area contributed by atoms with E-state index < -0.39 is 6.10 Å². The summed E-state index contributed by atoms with van der Waals surface area (Å²) in [6.07, 6.45) is 1.24. The molecule has 1 aliphatic heterocycles. The van der Waals surface area contributed by atoms with E-state index in [0.29, 0.717) is 19.7 Å². The number of hydrogen-bond donors (Lipinski definition) is 1. The number of aryl methyl sites for hydroxylation is 2. The second-order valence-electron chi connectivity index (χ2n) is 9.50. The van der Waals surface area contributed by atoms with Crippen molar-refractivity contribution in [3.05, 3.63) is 51.2 Å². The molecule has 0 saturated heterocycles. The maximum atomic E-state index is 13.5. The molecule has 3 rings (SSSR count). The topological polar surface area (TPSA) is 62.2 Å². The monoisotopic (exact) mass is 488 g/mol. The molecule has 0 fully saturated rings. The molecule has 7 heteroatoms. The van der Waals surface area contributed by atoms with Crippen molar-refractivity contribution in [3.8, 4) is 5.75 Å². The Hall–Kier alpha value is -1.93. The van der Waals surface area contributed by atoms with Crippen LogP contribution in [0.3, 0.4) is 0 Å². The molecular weight excluding hydrogens is 448 g/mol. The van der Waals surface area contributed by atoms with Crippen LogP contribution in [0.4, 0.5) is 0 Å². The highest BCUT2D eigenvalue weighted by molar-refractivity contribution is 7.10. The number of amides is 1. The third-order valence-electron chi connectivity index (χ3n) is 6.13. The maximum absolute atomic E-state index is 13.5. The molecule has 6 nitrogen and oxygen atoms in total. The van der Waals surface area contributed by atoms with Crippen LogP contribution in [0.2, 0.25) is 0 Å². The fourth-order valence-corrected chi connectivity index (χ4v) is 5.42. The Morgan fingerprint density at radius 1 is 1.29 bits per heavy atom. The van der Waals surface area contributed by atoms with Gasteiger partial charge in [-0.2, -0.15) is 0 Å². The highest BCUT2D eigenvalue weighted by atomic mass is 32.1. The summed E-state index contributed by atoms with van der Waals surface area (Å²) in [6, 6.07) is 8.20. The summed E-state index contributed by atoms with van der Waals surface area (Å²) in [7, 11) is 0. The van der Waals surface area contributed by atoms with E-state index in [4.69, 9.17) is 9.47 Å². The number of ether oxygens (including phenoxy) is 2. The zero-order chi connectivity index (χ0) is 24.7. The fraction of sp³-hybridized carbons (Fsp3) is 0.593. The lowest BCUT2D eigenvalue weighted by atomic mass is 10.00. The van der Waals surface area contributed by atoms with Crippen LogP contribution in [-0.4, -0.2) is 72.4 Å². The number of aliphatic hydroxyl groups is 1. The van der Waals surface area contributed by atoms with E-state index in [1.165, 1.54) is 16.0 Å². The van der Waals surface area contributed by atoms with E-state index in [-0.39, 0.29) is 31.2 Å². The van der Waals surface area contributed by atoms with Crippen molar-refractivity contribution in [2.24, 2.45) is 0 Å². The van der Waals surface area contributed by atoms with Gasteiger partial charge in [-0.05, 0) is 75.7 Å². The summed E-state index contributed by atoms with van der Waals surface area (Å²) in [4.78, 5) is 18.9. The minimum Gasteiger partial charge on any atom is -0.491 e. The first kappa shape index (κ1) is 26.7. The van der Waals surface area contributed by atoms with Crippen LogP contribution in [0.5, 0.6) is 5.75 Å². The predicted octanol–water partition coefficient (Wildman–Crippen LogP) is 4.37. The van der Waals surface area contributed by atoms with Crippen LogP contribution >= 0.6 is 11.3 Å². The lowest BCUT2D eigenvalue weighted by Crippen LogP contribution is -2.48. The summed E-state index contributed by atoms with van der Waals surface area (Å²) in [5.41, 5.74) is 3.50.